The lowest BCUT2D eigenvalue weighted by molar-refractivity contribution is 0.188. The first-order chi connectivity index (χ1) is 7.69. The number of fused-ring (bicyclic) bond motifs is 1. The third kappa shape index (κ3) is 2.64. The van der Waals surface area contributed by atoms with Crippen LogP contribution in [0, 0.1) is 5.92 Å². The predicted molar refractivity (Wildman–Crippen MR) is 67.6 cm³/mol. The van der Waals surface area contributed by atoms with Gasteiger partial charge in [0.1, 0.15) is 17.6 Å². The van der Waals surface area contributed by atoms with Crippen molar-refractivity contribution in [3.63, 3.8) is 0 Å². The fraction of sp³-hybridized carbons (Fsp3) is 0.538. The van der Waals surface area contributed by atoms with Gasteiger partial charge in [-0.25, -0.2) is 0 Å². The van der Waals surface area contributed by atoms with E-state index in [1.165, 1.54) is 4.90 Å². The monoisotopic (exact) mass is 238 g/mol. The van der Waals surface area contributed by atoms with Crippen LogP contribution in [0.2, 0.25) is 0 Å². The van der Waals surface area contributed by atoms with E-state index in [0.29, 0.717) is 12.0 Å². The van der Waals surface area contributed by atoms with Crippen LogP contribution in [0.1, 0.15) is 20.3 Å². The van der Waals surface area contributed by atoms with Crippen molar-refractivity contribution in [2.24, 2.45) is 5.92 Å². The zero-order chi connectivity index (χ0) is 11.5. The van der Waals surface area contributed by atoms with Crippen LogP contribution in [0.5, 0.6) is 11.5 Å². The molecule has 0 amide bonds. The van der Waals surface area contributed by atoms with Crippen molar-refractivity contribution in [3.8, 4) is 11.5 Å². The summed E-state index contributed by atoms with van der Waals surface area (Å²) in [7, 11) is 1.69. The lowest BCUT2D eigenvalue weighted by atomic mass is 10.1. The van der Waals surface area contributed by atoms with Gasteiger partial charge >= 0.3 is 0 Å². The van der Waals surface area contributed by atoms with Gasteiger partial charge in [-0.05, 0) is 30.5 Å². The number of ether oxygens (including phenoxy) is 2. The summed E-state index contributed by atoms with van der Waals surface area (Å²) in [4.78, 5) is 1.19. The van der Waals surface area contributed by atoms with Gasteiger partial charge in [-0.15, -0.1) is 11.8 Å². The van der Waals surface area contributed by atoms with Crippen molar-refractivity contribution in [2.75, 3.05) is 12.9 Å². The molecule has 0 fully saturated rings. The van der Waals surface area contributed by atoms with Gasteiger partial charge in [-0.1, -0.05) is 13.8 Å². The Hall–Kier alpha value is -0.830. The van der Waals surface area contributed by atoms with Crippen molar-refractivity contribution in [1.82, 2.24) is 0 Å². The van der Waals surface area contributed by atoms with Gasteiger partial charge in [0.05, 0.1) is 12.0 Å². The second-order valence-electron chi connectivity index (χ2n) is 4.49. The zero-order valence-electron chi connectivity index (χ0n) is 10.0. The highest BCUT2D eigenvalue weighted by molar-refractivity contribution is 7.99. The Morgan fingerprint density at radius 2 is 2.31 bits per heavy atom. The summed E-state index contributed by atoms with van der Waals surface area (Å²) < 4.78 is 11.2. The summed E-state index contributed by atoms with van der Waals surface area (Å²) in [5.74, 6) is 3.63. The molecule has 16 heavy (non-hydrogen) atoms. The molecule has 1 aromatic rings. The van der Waals surface area contributed by atoms with Gasteiger partial charge in [0, 0.05) is 5.75 Å². The van der Waals surface area contributed by atoms with Gasteiger partial charge < -0.3 is 9.47 Å². The van der Waals surface area contributed by atoms with E-state index >= 15 is 0 Å². The highest BCUT2D eigenvalue weighted by atomic mass is 32.2. The molecule has 1 heterocycles. The van der Waals surface area contributed by atoms with Gasteiger partial charge in [0.25, 0.3) is 0 Å². The second-order valence-corrected chi connectivity index (χ2v) is 5.55. The summed E-state index contributed by atoms with van der Waals surface area (Å²) in [5, 5.41) is 0. The van der Waals surface area contributed by atoms with Crippen LogP contribution in [-0.4, -0.2) is 19.0 Å². The molecule has 2 rings (SSSR count). The van der Waals surface area contributed by atoms with E-state index in [-0.39, 0.29) is 0 Å². The molecule has 0 bridgehead atoms. The van der Waals surface area contributed by atoms with Crippen molar-refractivity contribution in [1.29, 1.82) is 0 Å². The molecule has 0 saturated carbocycles. The minimum atomic E-state index is 0.353. The average molecular weight is 238 g/mol. The highest BCUT2D eigenvalue weighted by Gasteiger charge is 2.21. The van der Waals surface area contributed by atoms with E-state index in [1.54, 1.807) is 7.11 Å². The predicted octanol–water partition coefficient (Wildman–Crippen LogP) is 3.59. The fourth-order valence-electron chi connectivity index (χ4n) is 1.86. The summed E-state index contributed by atoms with van der Waals surface area (Å²) in [5.41, 5.74) is 0. The van der Waals surface area contributed by atoms with Crippen molar-refractivity contribution < 1.29 is 9.47 Å². The Balaban J connectivity index is 2.09. The molecule has 0 N–H and O–H groups in total. The lowest BCUT2D eigenvalue weighted by Gasteiger charge is -2.27. The molecule has 0 aromatic heterocycles. The van der Waals surface area contributed by atoms with E-state index in [1.807, 2.05) is 30.0 Å². The molecule has 0 spiro atoms. The highest BCUT2D eigenvalue weighted by Crippen LogP contribution is 2.38. The fourth-order valence-corrected chi connectivity index (χ4v) is 2.89. The standard InChI is InChI=1S/C13H18O2S/c1-9(2)6-11-8-16-13-7-10(14-3)4-5-12(13)15-11/h4-5,7,9,11H,6,8H2,1-3H3. The van der Waals surface area contributed by atoms with Gasteiger partial charge in [0.2, 0.25) is 0 Å². The quantitative estimate of drug-likeness (QED) is 0.801. The molecule has 0 aliphatic carbocycles. The smallest absolute Gasteiger partial charge is 0.133 e. The molecular formula is C13H18O2S. The Labute approximate surface area is 101 Å². The maximum atomic E-state index is 5.97. The number of methoxy groups -OCH3 is 1. The minimum absolute atomic E-state index is 0.353. The maximum Gasteiger partial charge on any atom is 0.133 e. The Bertz CT molecular complexity index is 363. The van der Waals surface area contributed by atoms with Crippen LogP contribution in [0.3, 0.4) is 0 Å². The van der Waals surface area contributed by atoms with E-state index in [2.05, 4.69) is 13.8 Å². The number of benzene rings is 1. The first-order valence-electron chi connectivity index (χ1n) is 5.66. The van der Waals surface area contributed by atoms with Crippen LogP contribution in [-0.2, 0) is 0 Å². The first kappa shape index (κ1) is 11.6. The summed E-state index contributed by atoms with van der Waals surface area (Å²) >= 11 is 1.86. The van der Waals surface area contributed by atoms with E-state index < -0.39 is 0 Å². The zero-order valence-corrected chi connectivity index (χ0v) is 10.8. The molecule has 1 aliphatic heterocycles. The van der Waals surface area contributed by atoms with Crippen LogP contribution in [0.15, 0.2) is 23.1 Å². The van der Waals surface area contributed by atoms with E-state index in [4.69, 9.17) is 9.47 Å². The maximum absolute atomic E-state index is 5.97. The van der Waals surface area contributed by atoms with E-state index in [0.717, 1.165) is 23.7 Å². The molecule has 3 heteroatoms. The molecule has 1 atom stereocenters. The van der Waals surface area contributed by atoms with Gasteiger partial charge in [0.15, 0.2) is 0 Å². The third-order valence-corrected chi connectivity index (χ3v) is 3.77. The SMILES string of the molecule is COc1ccc2c(c1)SCC(CC(C)C)O2. The Morgan fingerprint density at radius 1 is 1.50 bits per heavy atom. The largest absolute Gasteiger partial charge is 0.497 e. The number of thioether (sulfide) groups is 1. The molecule has 0 radical (unpaired) electrons. The molecular weight excluding hydrogens is 220 g/mol. The molecule has 0 saturated heterocycles. The average Bonchev–Trinajstić information content (AvgIpc) is 2.27. The summed E-state index contributed by atoms with van der Waals surface area (Å²) in [6.07, 6.45) is 1.48. The first-order valence-corrected chi connectivity index (χ1v) is 6.65. The van der Waals surface area contributed by atoms with Crippen LogP contribution in [0.4, 0.5) is 0 Å². The van der Waals surface area contributed by atoms with Crippen LogP contribution in [0.25, 0.3) is 0 Å². The third-order valence-electron chi connectivity index (χ3n) is 2.60. The Kier molecular flexibility index (Phi) is 3.64. The number of hydrogen-bond donors (Lipinski definition) is 0. The molecule has 1 unspecified atom stereocenters. The topological polar surface area (TPSA) is 18.5 Å². The lowest BCUT2D eigenvalue weighted by Crippen LogP contribution is -2.24. The second kappa shape index (κ2) is 5.00. The normalized spacial score (nSPS) is 19.1. The molecule has 1 aromatic carbocycles. The van der Waals surface area contributed by atoms with Gasteiger partial charge in [-0.3, -0.25) is 0 Å². The van der Waals surface area contributed by atoms with Gasteiger partial charge in [-0.2, -0.15) is 0 Å². The molecule has 88 valence electrons. The summed E-state index contributed by atoms with van der Waals surface area (Å²) in [6.45, 7) is 4.47. The minimum Gasteiger partial charge on any atom is -0.497 e. The Morgan fingerprint density at radius 3 is 3.00 bits per heavy atom. The van der Waals surface area contributed by atoms with Crippen molar-refractivity contribution in [3.05, 3.63) is 18.2 Å². The van der Waals surface area contributed by atoms with Crippen molar-refractivity contribution in [2.45, 2.75) is 31.3 Å². The van der Waals surface area contributed by atoms with E-state index in [9.17, 15) is 0 Å². The molecule has 2 nitrogen and oxygen atoms in total. The summed E-state index contributed by atoms with van der Waals surface area (Å²) in [6, 6.07) is 6.01. The number of rotatable bonds is 3. The molecule has 1 aliphatic rings. The van der Waals surface area contributed by atoms with Crippen LogP contribution >= 0.6 is 11.8 Å². The number of hydrogen-bond acceptors (Lipinski definition) is 3. The van der Waals surface area contributed by atoms with Crippen LogP contribution < -0.4 is 9.47 Å². The van der Waals surface area contributed by atoms with Crippen molar-refractivity contribution >= 4 is 11.8 Å².